The van der Waals surface area contributed by atoms with Crippen LogP contribution in [0.2, 0.25) is 5.02 Å². The molecule has 2 rings (SSSR count). The fraction of sp³-hybridized carbons (Fsp3) is 0.333. The van der Waals surface area contributed by atoms with Gasteiger partial charge in [-0.2, -0.15) is 0 Å². The first-order valence-corrected chi connectivity index (χ1v) is 7.46. The number of rotatable bonds is 5. The summed E-state index contributed by atoms with van der Waals surface area (Å²) in [4.78, 5) is 2.63. The molecule has 1 N–H and O–H groups in total. The third-order valence-electron chi connectivity index (χ3n) is 2.82. The van der Waals surface area contributed by atoms with Crippen LogP contribution in [0.5, 0.6) is 0 Å². The fourth-order valence-electron chi connectivity index (χ4n) is 1.91. The van der Waals surface area contributed by atoms with E-state index in [-0.39, 0.29) is 0 Å². The SMILES string of the molecule is CCCNCc1ccc(Cl)cc1-c1ccc(C)s1. The summed E-state index contributed by atoms with van der Waals surface area (Å²) in [6.45, 7) is 6.26. The van der Waals surface area contributed by atoms with Gasteiger partial charge in [0.05, 0.1) is 0 Å². The van der Waals surface area contributed by atoms with E-state index >= 15 is 0 Å². The standard InChI is InChI=1S/C15H18ClNS/c1-3-8-17-10-12-5-6-13(16)9-14(12)15-7-4-11(2)18-15/h4-7,9,17H,3,8,10H2,1-2H3. The molecule has 0 fully saturated rings. The predicted molar refractivity (Wildman–Crippen MR) is 81.5 cm³/mol. The van der Waals surface area contributed by atoms with Crippen molar-refractivity contribution in [3.63, 3.8) is 0 Å². The molecule has 0 bridgehead atoms. The normalized spacial score (nSPS) is 10.8. The number of aryl methyl sites for hydroxylation is 1. The van der Waals surface area contributed by atoms with Gasteiger partial charge in [0.1, 0.15) is 0 Å². The van der Waals surface area contributed by atoms with Crippen LogP contribution in [0.15, 0.2) is 30.3 Å². The highest BCUT2D eigenvalue weighted by Crippen LogP contribution is 2.32. The average molecular weight is 280 g/mol. The molecule has 1 nitrogen and oxygen atoms in total. The summed E-state index contributed by atoms with van der Waals surface area (Å²) in [6, 6.07) is 10.5. The molecule has 1 aromatic carbocycles. The highest BCUT2D eigenvalue weighted by Gasteiger charge is 2.07. The first-order chi connectivity index (χ1) is 8.70. The topological polar surface area (TPSA) is 12.0 Å². The van der Waals surface area contributed by atoms with Crippen molar-refractivity contribution in [3.05, 3.63) is 45.8 Å². The molecule has 96 valence electrons. The van der Waals surface area contributed by atoms with Crippen LogP contribution in [0.4, 0.5) is 0 Å². The minimum atomic E-state index is 0.801. The van der Waals surface area contributed by atoms with Crippen LogP contribution in [0.3, 0.4) is 0 Å². The average Bonchev–Trinajstić information content (AvgIpc) is 2.78. The summed E-state index contributed by atoms with van der Waals surface area (Å²) in [5, 5.41) is 4.25. The first kappa shape index (κ1) is 13.6. The van der Waals surface area contributed by atoms with E-state index in [1.54, 1.807) is 0 Å². The van der Waals surface area contributed by atoms with Crippen molar-refractivity contribution < 1.29 is 0 Å². The Bertz CT molecular complexity index is 519. The van der Waals surface area contributed by atoms with Crippen LogP contribution in [-0.4, -0.2) is 6.54 Å². The van der Waals surface area contributed by atoms with Crippen molar-refractivity contribution >= 4 is 22.9 Å². The zero-order valence-corrected chi connectivity index (χ0v) is 12.4. The van der Waals surface area contributed by atoms with Gasteiger partial charge in [0, 0.05) is 21.3 Å². The van der Waals surface area contributed by atoms with E-state index in [1.165, 1.54) is 20.9 Å². The summed E-state index contributed by atoms with van der Waals surface area (Å²) in [7, 11) is 0. The number of benzene rings is 1. The quantitative estimate of drug-likeness (QED) is 0.770. The number of hydrogen-bond acceptors (Lipinski definition) is 2. The molecule has 2 aromatic rings. The van der Waals surface area contributed by atoms with Gasteiger partial charge < -0.3 is 5.32 Å². The Kier molecular flexibility index (Phi) is 4.81. The molecule has 18 heavy (non-hydrogen) atoms. The second-order valence-electron chi connectivity index (χ2n) is 4.39. The maximum absolute atomic E-state index is 6.12. The third-order valence-corrected chi connectivity index (χ3v) is 4.09. The van der Waals surface area contributed by atoms with Crippen LogP contribution in [-0.2, 0) is 6.54 Å². The van der Waals surface area contributed by atoms with Crippen LogP contribution in [0.1, 0.15) is 23.8 Å². The molecule has 0 aliphatic carbocycles. The van der Waals surface area contributed by atoms with E-state index in [2.05, 4.69) is 43.4 Å². The molecule has 0 saturated heterocycles. The van der Waals surface area contributed by atoms with Gasteiger partial charge in [-0.3, -0.25) is 0 Å². The van der Waals surface area contributed by atoms with Gasteiger partial charge in [-0.05, 0) is 55.3 Å². The summed E-state index contributed by atoms with van der Waals surface area (Å²) < 4.78 is 0. The lowest BCUT2D eigenvalue weighted by Crippen LogP contribution is -2.14. The molecular formula is C15H18ClNS. The third kappa shape index (κ3) is 3.35. The van der Waals surface area contributed by atoms with Crippen LogP contribution in [0.25, 0.3) is 10.4 Å². The van der Waals surface area contributed by atoms with Gasteiger partial charge in [0.2, 0.25) is 0 Å². The second kappa shape index (κ2) is 6.37. The summed E-state index contributed by atoms with van der Waals surface area (Å²) >= 11 is 7.94. The van der Waals surface area contributed by atoms with Crippen molar-refractivity contribution in [2.45, 2.75) is 26.8 Å². The Morgan fingerprint density at radius 2 is 2.06 bits per heavy atom. The minimum absolute atomic E-state index is 0.801. The van der Waals surface area contributed by atoms with E-state index in [1.807, 2.05) is 17.4 Å². The summed E-state index contributed by atoms with van der Waals surface area (Å²) in [5.74, 6) is 0. The molecule has 0 aliphatic heterocycles. The number of nitrogens with one attached hydrogen (secondary N) is 1. The fourth-order valence-corrected chi connectivity index (χ4v) is 3.00. The number of hydrogen-bond donors (Lipinski definition) is 1. The molecule has 0 spiro atoms. The van der Waals surface area contributed by atoms with Crippen molar-refractivity contribution in [3.8, 4) is 10.4 Å². The van der Waals surface area contributed by atoms with E-state index < -0.39 is 0 Å². The van der Waals surface area contributed by atoms with Gasteiger partial charge in [-0.1, -0.05) is 24.6 Å². The summed E-state index contributed by atoms with van der Waals surface area (Å²) in [6.07, 6.45) is 1.15. The molecular weight excluding hydrogens is 262 g/mol. The molecule has 1 heterocycles. The number of thiophene rings is 1. The molecule has 0 radical (unpaired) electrons. The molecule has 3 heteroatoms. The summed E-state index contributed by atoms with van der Waals surface area (Å²) in [5.41, 5.74) is 2.57. The van der Waals surface area contributed by atoms with Crippen LogP contribution in [0, 0.1) is 6.92 Å². The zero-order valence-electron chi connectivity index (χ0n) is 10.8. The molecule has 1 aromatic heterocycles. The van der Waals surface area contributed by atoms with Crippen molar-refractivity contribution in [2.75, 3.05) is 6.54 Å². The van der Waals surface area contributed by atoms with E-state index in [0.29, 0.717) is 0 Å². The predicted octanol–water partition coefficient (Wildman–Crippen LogP) is 4.88. The monoisotopic (exact) mass is 279 g/mol. The highest BCUT2D eigenvalue weighted by atomic mass is 35.5. The maximum Gasteiger partial charge on any atom is 0.0412 e. The molecule has 0 amide bonds. The lowest BCUT2D eigenvalue weighted by molar-refractivity contribution is 0.676. The largest absolute Gasteiger partial charge is 0.313 e. The molecule has 0 atom stereocenters. The van der Waals surface area contributed by atoms with Gasteiger partial charge in [0.25, 0.3) is 0 Å². The Balaban J connectivity index is 2.29. The van der Waals surface area contributed by atoms with E-state index in [9.17, 15) is 0 Å². The van der Waals surface area contributed by atoms with Crippen LogP contribution < -0.4 is 5.32 Å². The van der Waals surface area contributed by atoms with Crippen molar-refractivity contribution in [1.82, 2.24) is 5.32 Å². The smallest absolute Gasteiger partial charge is 0.0412 e. The van der Waals surface area contributed by atoms with Crippen molar-refractivity contribution in [1.29, 1.82) is 0 Å². The van der Waals surface area contributed by atoms with Crippen LogP contribution >= 0.6 is 22.9 Å². The van der Waals surface area contributed by atoms with E-state index in [0.717, 1.165) is 24.5 Å². The number of halogens is 1. The Labute approximate surface area is 118 Å². The molecule has 0 aliphatic rings. The van der Waals surface area contributed by atoms with Gasteiger partial charge in [-0.25, -0.2) is 0 Å². The lowest BCUT2D eigenvalue weighted by Gasteiger charge is -2.09. The zero-order chi connectivity index (χ0) is 13.0. The van der Waals surface area contributed by atoms with Gasteiger partial charge in [-0.15, -0.1) is 11.3 Å². The molecule has 0 unspecified atom stereocenters. The minimum Gasteiger partial charge on any atom is -0.313 e. The maximum atomic E-state index is 6.12. The lowest BCUT2D eigenvalue weighted by atomic mass is 10.1. The Morgan fingerprint density at radius 1 is 1.22 bits per heavy atom. The van der Waals surface area contributed by atoms with E-state index in [4.69, 9.17) is 11.6 Å². The second-order valence-corrected chi connectivity index (χ2v) is 6.11. The van der Waals surface area contributed by atoms with Crippen molar-refractivity contribution in [2.24, 2.45) is 0 Å². The highest BCUT2D eigenvalue weighted by molar-refractivity contribution is 7.15. The molecule has 0 saturated carbocycles. The first-order valence-electron chi connectivity index (χ1n) is 6.26. The Morgan fingerprint density at radius 3 is 2.72 bits per heavy atom. The Hall–Kier alpha value is -0.830. The van der Waals surface area contributed by atoms with Gasteiger partial charge in [0.15, 0.2) is 0 Å². The van der Waals surface area contributed by atoms with Gasteiger partial charge >= 0.3 is 0 Å².